The number of hydrogen-bond donors (Lipinski definition) is 4. The van der Waals surface area contributed by atoms with E-state index in [4.69, 9.17) is 0 Å². The Hall–Kier alpha value is -1.62. The van der Waals surface area contributed by atoms with Crippen molar-refractivity contribution >= 4 is 21.7 Å². The zero-order valence-corrected chi connectivity index (χ0v) is 21.0. The molecule has 0 amide bonds. The van der Waals surface area contributed by atoms with Crippen molar-refractivity contribution in [3.05, 3.63) is 59.2 Å². The van der Waals surface area contributed by atoms with Crippen LogP contribution in [0.2, 0.25) is 0 Å². The first kappa shape index (κ1) is 27.4. The minimum Gasteiger partial charge on any atom is -0.550 e. The standard InChI is InChI=1S/C21H28N2O6S.Na/c1-21(2,12-15-6-4-5-14(9-15)10-20(26)27)22-13-19(25)16-7-8-18(24)17(11-16)23-30(3,28)29;/h4-9,11,19,22-25H,10,12-13H2,1-3H3,(H,26,27);/q;+1/p-1/t19-;/m0./s1. The number of benzene rings is 2. The molecule has 2 aromatic rings. The molecule has 2 rings (SSSR count). The summed E-state index contributed by atoms with van der Waals surface area (Å²) < 4.78 is 25.0. The summed E-state index contributed by atoms with van der Waals surface area (Å²) in [5.41, 5.74) is 1.64. The molecule has 2 aromatic carbocycles. The van der Waals surface area contributed by atoms with Gasteiger partial charge in [0.15, 0.2) is 0 Å². The molecule has 10 heteroatoms. The topological polar surface area (TPSA) is 139 Å². The van der Waals surface area contributed by atoms with Crippen LogP contribution in [0.15, 0.2) is 42.5 Å². The molecule has 0 heterocycles. The van der Waals surface area contributed by atoms with Gasteiger partial charge in [-0.3, -0.25) is 4.72 Å². The Kier molecular flexibility index (Phi) is 10.00. The number of aliphatic hydroxyl groups is 1. The fourth-order valence-corrected chi connectivity index (χ4v) is 3.69. The van der Waals surface area contributed by atoms with Crippen LogP contribution in [0.3, 0.4) is 0 Å². The molecule has 4 N–H and O–H groups in total. The molecular weight excluding hydrogens is 431 g/mol. The van der Waals surface area contributed by atoms with Crippen LogP contribution in [0.5, 0.6) is 5.75 Å². The van der Waals surface area contributed by atoms with Gasteiger partial charge in [-0.25, -0.2) is 8.42 Å². The average molecular weight is 459 g/mol. The first-order valence-electron chi connectivity index (χ1n) is 9.36. The second kappa shape index (κ2) is 11.3. The molecule has 8 nitrogen and oxygen atoms in total. The van der Waals surface area contributed by atoms with Crippen molar-refractivity contribution in [1.29, 1.82) is 0 Å². The van der Waals surface area contributed by atoms with Gasteiger partial charge in [-0.2, -0.15) is 0 Å². The normalized spacial score (nSPS) is 12.6. The van der Waals surface area contributed by atoms with Crippen molar-refractivity contribution in [2.45, 2.75) is 38.3 Å². The fraction of sp³-hybridized carbons (Fsp3) is 0.381. The van der Waals surface area contributed by atoms with E-state index in [2.05, 4.69) is 10.0 Å². The average Bonchev–Trinajstić information content (AvgIpc) is 2.60. The molecule has 0 radical (unpaired) electrons. The van der Waals surface area contributed by atoms with E-state index in [-0.39, 0.29) is 54.0 Å². The molecule has 1 atom stereocenters. The summed E-state index contributed by atoms with van der Waals surface area (Å²) in [6.07, 6.45) is 0.485. The summed E-state index contributed by atoms with van der Waals surface area (Å²) >= 11 is 0. The van der Waals surface area contributed by atoms with Crippen LogP contribution < -0.4 is 44.7 Å². The Balaban J connectivity index is 0.00000480. The summed E-state index contributed by atoms with van der Waals surface area (Å²) in [7, 11) is -3.57. The molecule has 0 bridgehead atoms. The maximum absolute atomic E-state index is 11.4. The van der Waals surface area contributed by atoms with Crippen LogP contribution in [0.4, 0.5) is 5.69 Å². The summed E-state index contributed by atoms with van der Waals surface area (Å²) in [5.74, 6) is -1.37. The Morgan fingerprint density at radius 3 is 2.42 bits per heavy atom. The number of phenols is 1. The third-order valence-corrected chi connectivity index (χ3v) is 5.05. The number of rotatable bonds is 10. The molecule has 164 valence electrons. The Bertz CT molecular complexity index is 1010. The van der Waals surface area contributed by atoms with Crippen molar-refractivity contribution in [1.82, 2.24) is 5.32 Å². The number of β-amino-alcohol motifs (C(OH)–C–C–N with tert-alkyl or cyclic N) is 1. The first-order valence-corrected chi connectivity index (χ1v) is 11.3. The summed E-state index contributed by atoms with van der Waals surface area (Å²) in [5, 5.41) is 34.4. The smallest absolute Gasteiger partial charge is 0.550 e. The number of anilines is 1. The Morgan fingerprint density at radius 2 is 1.81 bits per heavy atom. The van der Waals surface area contributed by atoms with E-state index in [1.165, 1.54) is 18.2 Å². The van der Waals surface area contributed by atoms with Crippen molar-refractivity contribution in [2.75, 3.05) is 17.5 Å². The van der Waals surface area contributed by atoms with Gasteiger partial charge in [-0.1, -0.05) is 30.3 Å². The number of carboxylic acid groups (broad SMARTS) is 1. The van der Waals surface area contributed by atoms with E-state index in [1.54, 1.807) is 12.1 Å². The molecule has 0 saturated carbocycles. The molecule has 0 spiro atoms. The SMILES string of the molecule is CC(C)(Cc1cccc(CC(=O)[O-])c1)NC[C@H](O)c1ccc(O)c(NS(C)(=O)=O)c1.[Na+]. The van der Waals surface area contributed by atoms with Gasteiger partial charge in [0.1, 0.15) is 5.75 Å². The quantitative estimate of drug-likeness (QED) is 0.232. The van der Waals surface area contributed by atoms with Gasteiger partial charge in [-0.15, -0.1) is 0 Å². The van der Waals surface area contributed by atoms with Gasteiger partial charge in [-0.05, 0) is 49.1 Å². The summed E-state index contributed by atoms with van der Waals surface area (Å²) in [6.45, 7) is 4.10. The zero-order valence-electron chi connectivity index (χ0n) is 18.2. The minimum absolute atomic E-state index is 0. The van der Waals surface area contributed by atoms with E-state index in [0.717, 1.165) is 11.8 Å². The molecular formula is C21H27N2NaO6S. The summed E-state index contributed by atoms with van der Waals surface area (Å²) in [6, 6.07) is 11.5. The van der Waals surface area contributed by atoms with Gasteiger partial charge in [0.05, 0.1) is 18.0 Å². The van der Waals surface area contributed by atoms with Gasteiger partial charge < -0.3 is 25.4 Å². The molecule has 0 aliphatic carbocycles. The third-order valence-electron chi connectivity index (χ3n) is 4.46. The van der Waals surface area contributed by atoms with Gasteiger partial charge in [0.25, 0.3) is 0 Å². The predicted molar refractivity (Wildman–Crippen MR) is 112 cm³/mol. The van der Waals surface area contributed by atoms with Crippen LogP contribution >= 0.6 is 0 Å². The molecule has 0 aliphatic heterocycles. The number of sulfonamides is 1. The van der Waals surface area contributed by atoms with E-state index >= 15 is 0 Å². The number of carbonyl (C=O) groups is 1. The van der Waals surface area contributed by atoms with Gasteiger partial charge in [0.2, 0.25) is 10.0 Å². The van der Waals surface area contributed by atoms with Gasteiger partial charge in [0, 0.05) is 24.5 Å². The van der Waals surface area contributed by atoms with Crippen molar-refractivity contribution < 1.29 is 58.1 Å². The molecule has 0 fully saturated rings. The maximum Gasteiger partial charge on any atom is 1.00 e. The van der Waals surface area contributed by atoms with E-state index in [1.807, 2.05) is 26.0 Å². The van der Waals surface area contributed by atoms with E-state index < -0.39 is 27.6 Å². The number of carbonyl (C=O) groups excluding carboxylic acids is 1. The van der Waals surface area contributed by atoms with E-state index in [0.29, 0.717) is 17.5 Å². The number of carboxylic acids is 1. The molecule has 0 aliphatic rings. The van der Waals surface area contributed by atoms with Crippen LogP contribution in [0, 0.1) is 0 Å². The van der Waals surface area contributed by atoms with Crippen LogP contribution in [-0.4, -0.2) is 42.9 Å². The third kappa shape index (κ3) is 9.59. The largest absolute Gasteiger partial charge is 1.00 e. The molecule has 31 heavy (non-hydrogen) atoms. The molecule has 0 aromatic heterocycles. The van der Waals surface area contributed by atoms with Crippen LogP contribution in [0.1, 0.15) is 36.6 Å². The van der Waals surface area contributed by atoms with Crippen molar-refractivity contribution in [2.24, 2.45) is 0 Å². The fourth-order valence-electron chi connectivity index (χ4n) is 3.12. The van der Waals surface area contributed by atoms with Crippen LogP contribution in [0.25, 0.3) is 0 Å². The zero-order chi connectivity index (χ0) is 22.5. The molecule has 0 saturated heterocycles. The first-order chi connectivity index (χ1) is 13.8. The maximum atomic E-state index is 11.4. The Morgan fingerprint density at radius 1 is 1.16 bits per heavy atom. The number of aliphatic hydroxyl groups excluding tert-OH is 1. The van der Waals surface area contributed by atoms with Crippen molar-refractivity contribution in [3.8, 4) is 5.75 Å². The molecule has 0 unspecified atom stereocenters. The second-order valence-corrected chi connectivity index (χ2v) is 9.73. The monoisotopic (exact) mass is 458 g/mol. The second-order valence-electron chi connectivity index (χ2n) is 7.98. The Labute approximate surface area is 205 Å². The van der Waals surface area contributed by atoms with Crippen LogP contribution in [-0.2, 0) is 27.7 Å². The predicted octanol–water partition coefficient (Wildman–Crippen LogP) is -2.30. The number of hydrogen-bond acceptors (Lipinski definition) is 7. The number of nitrogens with one attached hydrogen (secondary N) is 2. The number of phenolic OH excluding ortho intramolecular Hbond substituents is 1. The number of aliphatic carboxylic acids is 1. The van der Waals surface area contributed by atoms with Crippen molar-refractivity contribution in [3.63, 3.8) is 0 Å². The summed E-state index contributed by atoms with van der Waals surface area (Å²) in [4.78, 5) is 10.8. The van der Waals surface area contributed by atoms with E-state index in [9.17, 15) is 28.5 Å². The minimum atomic E-state index is -3.57. The van der Waals surface area contributed by atoms with Gasteiger partial charge >= 0.3 is 29.6 Å². The number of aromatic hydroxyl groups is 1.